The molecule has 0 spiro atoms. The third-order valence-electron chi connectivity index (χ3n) is 7.39. The number of aryl methyl sites for hydroxylation is 1. The maximum Gasteiger partial charge on any atom is 0.412 e. The molecule has 4 aromatic rings. The zero-order valence-corrected chi connectivity index (χ0v) is 27.8. The third kappa shape index (κ3) is 10.4. The Labute approximate surface area is 291 Å². The van der Waals surface area contributed by atoms with Crippen LogP contribution in [0.4, 0.5) is 19.3 Å². The van der Waals surface area contributed by atoms with E-state index in [0.29, 0.717) is 16.7 Å². The van der Waals surface area contributed by atoms with Crippen LogP contribution in [0.25, 0.3) is 11.4 Å². The number of hydrogen-bond acceptors (Lipinski definition) is 8. The van der Waals surface area contributed by atoms with Crippen molar-refractivity contribution in [1.29, 1.82) is 0 Å². The number of anilines is 1. The van der Waals surface area contributed by atoms with Gasteiger partial charge in [0, 0.05) is 18.5 Å². The maximum absolute atomic E-state index is 15.2. The summed E-state index contributed by atoms with van der Waals surface area (Å²) in [5.74, 6) is -10.4. The Hall–Kier alpha value is -6.25. The molecule has 51 heavy (non-hydrogen) atoms. The summed E-state index contributed by atoms with van der Waals surface area (Å²) in [6.45, 7) is 1.87. The summed E-state index contributed by atoms with van der Waals surface area (Å²) >= 11 is 0. The molecule has 4 amide bonds. The number of alkyl halides is 2. The molecule has 4 rings (SSSR count). The van der Waals surface area contributed by atoms with Gasteiger partial charge in [0.25, 0.3) is 11.5 Å². The lowest BCUT2D eigenvalue weighted by atomic mass is 9.98. The van der Waals surface area contributed by atoms with Crippen molar-refractivity contribution in [2.75, 3.05) is 18.4 Å². The monoisotopic (exact) mass is 702 g/mol. The van der Waals surface area contributed by atoms with Crippen LogP contribution in [-0.2, 0) is 43.5 Å². The SMILES string of the molecule is CCNC(=O)CNC(=O)C(F)(F)C(=O)C(Cc1ccccc1)NC(=O)Cn1c(-c2cccc(C)c2)ncc(NC(=O)OCc2ccccc2)c1=O. The number of nitrogens with one attached hydrogen (secondary N) is 4. The minimum absolute atomic E-state index is 0.00283. The fourth-order valence-corrected chi connectivity index (χ4v) is 4.91. The molecule has 1 heterocycles. The molecule has 13 nitrogen and oxygen atoms in total. The van der Waals surface area contributed by atoms with Crippen molar-refractivity contribution in [1.82, 2.24) is 25.5 Å². The third-order valence-corrected chi connectivity index (χ3v) is 7.39. The second-order valence-electron chi connectivity index (χ2n) is 11.3. The first-order chi connectivity index (χ1) is 24.4. The minimum atomic E-state index is -4.64. The summed E-state index contributed by atoms with van der Waals surface area (Å²) in [6.07, 6.45) is -0.310. The first kappa shape index (κ1) is 37.6. The van der Waals surface area contributed by atoms with Crippen LogP contribution in [0.1, 0.15) is 23.6 Å². The zero-order valence-electron chi connectivity index (χ0n) is 27.8. The quantitative estimate of drug-likeness (QED) is 0.137. The Kier molecular flexibility index (Phi) is 12.8. The zero-order chi connectivity index (χ0) is 37.0. The molecular formula is C36H36F2N6O7. The summed E-state index contributed by atoms with van der Waals surface area (Å²) in [5.41, 5.74) is 1.07. The highest BCUT2D eigenvalue weighted by Crippen LogP contribution is 2.21. The molecule has 1 unspecified atom stereocenters. The van der Waals surface area contributed by atoms with Gasteiger partial charge in [-0.2, -0.15) is 8.78 Å². The molecule has 15 heteroatoms. The average Bonchev–Trinajstić information content (AvgIpc) is 3.11. The van der Waals surface area contributed by atoms with E-state index in [2.05, 4.69) is 20.9 Å². The van der Waals surface area contributed by atoms with Crippen LogP contribution in [0.5, 0.6) is 0 Å². The number of likely N-dealkylation sites (N-methyl/N-ethyl adjacent to an activating group) is 1. The van der Waals surface area contributed by atoms with Gasteiger partial charge in [0.1, 0.15) is 24.7 Å². The second kappa shape index (κ2) is 17.4. The van der Waals surface area contributed by atoms with Crippen LogP contribution >= 0.6 is 0 Å². The number of nitrogens with zero attached hydrogens (tertiary/aromatic N) is 2. The van der Waals surface area contributed by atoms with Crippen LogP contribution in [0.15, 0.2) is 95.9 Å². The topological polar surface area (TPSA) is 178 Å². The lowest BCUT2D eigenvalue weighted by Gasteiger charge is -2.23. The van der Waals surface area contributed by atoms with Gasteiger partial charge in [0.2, 0.25) is 17.6 Å². The van der Waals surface area contributed by atoms with Crippen molar-refractivity contribution in [3.8, 4) is 11.4 Å². The number of carbonyl (C=O) groups is 5. The van der Waals surface area contributed by atoms with Crippen molar-refractivity contribution in [2.45, 2.75) is 45.4 Å². The lowest BCUT2D eigenvalue weighted by Crippen LogP contribution is -2.56. The molecule has 0 aliphatic rings. The predicted octanol–water partition coefficient (Wildman–Crippen LogP) is 3.15. The summed E-state index contributed by atoms with van der Waals surface area (Å²) in [5, 5.41) is 8.65. The molecule has 1 atom stereocenters. The van der Waals surface area contributed by atoms with Gasteiger partial charge in [-0.15, -0.1) is 0 Å². The van der Waals surface area contributed by atoms with E-state index >= 15 is 8.78 Å². The Balaban J connectivity index is 1.61. The highest BCUT2D eigenvalue weighted by atomic mass is 19.3. The fraction of sp³-hybridized carbons (Fsp3) is 0.250. The summed E-state index contributed by atoms with van der Waals surface area (Å²) in [7, 11) is 0. The Morgan fingerprint density at radius 1 is 0.882 bits per heavy atom. The van der Waals surface area contributed by atoms with Crippen LogP contribution in [0.2, 0.25) is 0 Å². The number of halogens is 2. The van der Waals surface area contributed by atoms with E-state index in [-0.39, 0.29) is 24.7 Å². The van der Waals surface area contributed by atoms with Gasteiger partial charge in [0.05, 0.1) is 18.8 Å². The predicted molar refractivity (Wildman–Crippen MR) is 183 cm³/mol. The van der Waals surface area contributed by atoms with Crippen molar-refractivity contribution in [2.24, 2.45) is 0 Å². The van der Waals surface area contributed by atoms with Gasteiger partial charge in [-0.25, -0.2) is 9.78 Å². The largest absolute Gasteiger partial charge is 0.444 e. The lowest BCUT2D eigenvalue weighted by molar-refractivity contribution is -0.160. The van der Waals surface area contributed by atoms with E-state index in [0.717, 1.165) is 16.3 Å². The number of ketones is 1. The molecule has 0 saturated carbocycles. The Bertz CT molecular complexity index is 1940. The summed E-state index contributed by atoms with van der Waals surface area (Å²) in [6, 6.07) is 21.6. The highest BCUT2D eigenvalue weighted by molar-refractivity contribution is 6.11. The van der Waals surface area contributed by atoms with Gasteiger partial charge in [-0.3, -0.25) is 33.9 Å². The van der Waals surface area contributed by atoms with E-state index in [4.69, 9.17) is 4.74 Å². The van der Waals surface area contributed by atoms with Crippen LogP contribution in [0.3, 0.4) is 0 Å². The Morgan fingerprint density at radius 3 is 2.20 bits per heavy atom. The molecule has 0 aliphatic carbocycles. The number of benzene rings is 3. The van der Waals surface area contributed by atoms with Crippen LogP contribution in [0, 0.1) is 6.92 Å². The number of ether oxygens (including phenoxy) is 1. The average molecular weight is 703 g/mol. The number of carbonyl (C=O) groups excluding carboxylic acids is 5. The molecule has 0 saturated heterocycles. The van der Waals surface area contributed by atoms with Gasteiger partial charge in [-0.1, -0.05) is 84.4 Å². The molecule has 1 aromatic heterocycles. The highest BCUT2D eigenvalue weighted by Gasteiger charge is 2.50. The number of hydrogen-bond donors (Lipinski definition) is 4. The van der Waals surface area contributed by atoms with Gasteiger partial charge >= 0.3 is 12.0 Å². The molecule has 4 N–H and O–H groups in total. The van der Waals surface area contributed by atoms with E-state index < -0.39 is 66.6 Å². The van der Waals surface area contributed by atoms with Gasteiger partial charge < -0.3 is 20.7 Å². The van der Waals surface area contributed by atoms with E-state index in [1.54, 1.807) is 92.0 Å². The molecule has 266 valence electrons. The van der Waals surface area contributed by atoms with E-state index in [1.165, 1.54) is 12.1 Å². The molecular weight excluding hydrogens is 666 g/mol. The fourth-order valence-electron chi connectivity index (χ4n) is 4.91. The first-order valence-corrected chi connectivity index (χ1v) is 15.8. The van der Waals surface area contributed by atoms with Crippen LogP contribution < -0.4 is 26.8 Å². The smallest absolute Gasteiger partial charge is 0.412 e. The number of amides is 4. The number of rotatable bonds is 15. The minimum Gasteiger partial charge on any atom is -0.444 e. The van der Waals surface area contributed by atoms with Crippen LogP contribution in [-0.4, -0.2) is 64.2 Å². The van der Waals surface area contributed by atoms with E-state index in [1.807, 2.05) is 0 Å². The number of Topliss-reactive ketones (excluding diaryl/α,β-unsaturated/α-hetero) is 1. The van der Waals surface area contributed by atoms with Gasteiger partial charge in [-0.05, 0) is 31.0 Å². The van der Waals surface area contributed by atoms with Crippen molar-refractivity contribution < 1.29 is 37.5 Å². The number of aromatic nitrogens is 2. The maximum atomic E-state index is 15.2. The second-order valence-corrected chi connectivity index (χ2v) is 11.3. The molecule has 3 aromatic carbocycles. The molecule has 0 aliphatic heterocycles. The van der Waals surface area contributed by atoms with Crippen molar-refractivity contribution >= 4 is 35.3 Å². The molecule has 0 fully saturated rings. The molecule has 0 bridgehead atoms. The normalized spacial score (nSPS) is 11.5. The van der Waals surface area contributed by atoms with E-state index in [9.17, 15) is 28.8 Å². The summed E-state index contributed by atoms with van der Waals surface area (Å²) < 4.78 is 36.6. The first-order valence-electron chi connectivity index (χ1n) is 15.8. The standard InChI is InChI=1S/C36H36F2N6O7/c1-3-39-29(45)20-41-34(49)36(37,38)31(47)27(18-24-12-6-4-7-13-24)42-30(46)21-44-32(26-16-10-11-23(2)17-26)40-19-28(33(44)48)43-35(50)51-22-25-14-8-5-9-15-25/h4-17,19,27H,3,18,20-22H2,1-2H3,(H,39,45)(H,41,49)(H,42,46)(H,43,50). The molecule has 0 radical (unpaired) electrons. The van der Waals surface area contributed by atoms with Crippen molar-refractivity contribution in [3.63, 3.8) is 0 Å². The Morgan fingerprint density at radius 2 is 1.55 bits per heavy atom. The van der Waals surface area contributed by atoms with Gasteiger partial charge in [0.15, 0.2) is 0 Å². The van der Waals surface area contributed by atoms with Crippen molar-refractivity contribution in [3.05, 3.63) is 118 Å². The summed E-state index contributed by atoms with van der Waals surface area (Å²) in [4.78, 5) is 81.5.